The second-order valence-corrected chi connectivity index (χ2v) is 4.81. The van der Waals surface area contributed by atoms with E-state index >= 15 is 0 Å². The zero-order valence-electron chi connectivity index (χ0n) is 11.6. The number of aryl methyl sites for hydroxylation is 1. The summed E-state index contributed by atoms with van der Waals surface area (Å²) in [5.74, 6) is -0.292. The molecule has 1 N–H and O–H groups in total. The molecule has 2 aromatic carbocycles. The van der Waals surface area contributed by atoms with Gasteiger partial charge in [0.1, 0.15) is 18.2 Å². The molecule has 4 heteroatoms. The molecule has 0 aliphatic rings. The van der Waals surface area contributed by atoms with Gasteiger partial charge >= 0.3 is 5.97 Å². The van der Waals surface area contributed by atoms with E-state index in [1.165, 1.54) is 12.1 Å². The van der Waals surface area contributed by atoms with Crippen LogP contribution in [0.4, 0.5) is 4.39 Å². The Morgan fingerprint density at radius 1 is 1.00 bits per heavy atom. The Labute approximate surface area is 123 Å². The fraction of sp³-hybridized carbons (Fsp3) is 0.235. The van der Waals surface area contributed by atoms with E-state index in [1.54, 1.807) is 12.1 Å². The van der Waals surface area contributed by atoms with E-state index in [1.807, 2.05) is 24.3 Å². The molecule has 0 saturated carbocycles. The highest BCUT2D eigenvalue weighted by molar-refractivity contribution is 5.66. The molecular formula is C17H17FO3. The number of ether oxygens (including phenoxy) is 1. The molecule has 2 rings (SSSR count). The molecule has 0 bridgehead atoms. The molecule has 0 saturated heterocycles. The first-order valence-electron chi connectivity index (χ1n) is 6.81. The highest BCUT2D eigenvalue weighted by atomic mass is 19.1. The van der Waals surface area contributed by atoms with E-state index in [9.17, 15) is 9.18 Å². The fourth-order valence-corrected chi connectivity index (χ4v) is 1.94. The molecule has 0 spiro atoms. The Morgan fingerprint density at radius 2 is 1.62 bits per heavy atom. The van der Waals surface area contributed by atoms with Gasteiger partial charge in [-0.05, 0) is 48.2 Å². The Bertz CT molecular complexity index is 576. The molecule has 0 aromatic heterocycles. The van der Waals surface area contributed by atoms with Crippen molar-refractivity contribution in [1.29, 1.82) is 0 Å². The molecule has 0 amide bonds. The van der Waals surface area contributed by atoms with Crippen LogP contribution in [0.25, 0.3) is 0 Å². The van der Waals surface area contributed by atoms with E-state index < -0.39 is 5.97 Å². The van der Waals surface area contributed by atoms with Gasteiger partial charge in [0.2, 0.25) is 0 Å². The van der Waals surface area contributed by atoms with Gasteiger partial charge in [-0.25, -0.2) is 4.39 Å². The second kappa shape index (κ2) is 7.43. The van der Waals surface area contributed by atoms with Crippen molar-refractivity contribution < 1.29 is 19.0 Å². The number of halogens is 1. The standard InChI is InChI=1S/C17H17FO3/c18-15-8-4-14(5-9-15)12-21-16-10-6-13(7-11-16)2-1-3-17(19)20/h4-11H,1-3,12H2,(H,19,20). The Hall–Kier alpha value is -2.36. The van der Waals surface area contributed by atoms with E-state index in [0.29, 0.717) is 13.0 Å². The van der Waals surface area contributed by atoms with Crippen LogP contribution in [0.2, 0.25) is 0 Å². The summed E-state index contributed by atoms with van der Waals surface area (Å²) < 4.78 is 18.4. The van der Waals surface area contributed by atoms with Gasteiger partial charge in [0.05, 0.1) is 0 Å². The first-order valence-corrected chi connectivity index (χ1v) is 6.81. The molecule has 21 heavy (non-hydrogen) atoms. The number of carboxylic acids is 1. The van der Waals surface area contributed by atoms with Crippen molar-refractivity contribution in [3.8, 4) is 5.75 Å². The molecule has 0 aliphatic heterocycles. The minimum atomic E-state index is -0.769. The number of carbonyl (C=O) groups is 1. The van der Waals surface area contributed by atoms with Crippen LogP contribution in [0.5, 0.6) is 5.75 Å². The topological polar surface area (TPSA) is 46.5 Å². The van der Waals surface area contributed by atoms with Crippen molar-refractivity contribution in [1.82, 2.24) is 0 Å². The van der Waals surface area contributed by atoms with Crippen LogP contribution in [0.15, 0.2) is 48.5 Å². The lowest BCUT2D eigenvalue weighted by Crippen LogP contribution is -1.97. The molecule has 110 valence electrons. The number of hydrogen-bond donors (Lipinski definition) is 1. The molecule has 2 aromatic rings. The smallest absolute Gasteiger partial charge is 0.303 e. The van der Waals surface area contributed by atoms with Crippen LogP contribution in [0.1, 0.15) is 24.0 Å². The second-order valence-electron chi connectivity index (χ2n) is 4.81. The predicted molar refractivity (Wildman–Crippen MR) is 77.7 cm³/mol. The molecule has 0 fully saturated rings. The van der Waals surface area contributed by atoms with Crippen molar-refractivity contribution in [2.24, 2.45) is 0 Å². The van der Waals surface area contributed by atoms with Crippen molar-refractivity contribution in [3.63, 3.8) is 0 Å². The first-order chi connectivity index (χ1) is 10.1. The van der Waals surface area contributed by atoms with Gasteiger partial charge in [0.15, 0.2) is 0 Å². The molecule has 3 nitrogen and oxygen atoms in total. The van der Waals surface area contributed by atoms with Crippen LogP contribution in [0.3, 0.4) is 0 Å². The van der Waals surface area contributed by atoms with Gasteiger partial charge in [-0.2, -0.15) is 0 Å². The average Bonchev–Trinajstić information content (AvgIpc) is 2.48. The normalized spacial score (nSPS) is 10.3. The molecule has 0 atom stereocenters. The van der Waals surface area contributed by atoms with Crippen molar-refractivity contribution >= 4 is 5.97 Å². The van der Waals surface area contributed by atoms with Crippen LogP contribution in [-0.4, -0.2) is 11.1 Å². The number of aliphatic carboxylic acids is 1. The lowest BCUT2D eigenvalue weighted by molar-refractivity contribution is -0.137. The van der Waals surface area contributed by atoms with E-state index in [-0.39, 0.29) is 12.2 Å². The summed E-state index contributed by atoms with van der Waals surface area (Å²) in [5, 5.41) is 8.59. The third kappa shape index (κ3) is 5.26. The Morgan fingerprint density at radius 3 is 2.24 bits per heavy atom. The Kier molecular flexibility index (Phi) is 5.32. The molecule has 0 heterocycles. The van der Waals surface area contributed by atoms with Crippen molar-refractivity contribution in [2.45, 2.75) is 25.9 Å². The van der Waals surface area contributed by atoms with Crippen LogP contribution in [-0.2, 0) is 17.8 Å². The van der Waals surface area contributed by atoms with Crippen LogP contribution in [0, 0.1) is 5.82 Å². The maximum atomic E-state index is 12.8. The number of rotatable bonds is 7. The van der Waals surface area contributed by atoms with Crippen LogP contribution < -0.4 is 4.74 Å². The average molecular weight is 288 g/mol. The quantitative estimate of drug-likeness (QED) is 0.842. The third-order valence-electron chi connectivity index (χ3n) is 3.10. The number of benzene rings is 2. The zero-order valence-corrected chi connectivity index (χ0v) is 11.6. The summed E-state index contributed by atoms with van der Waals surface area (Å²) in [7, 11) is 0. The summed E-state index contributed by atoms with van der Waals surface area (Å²) >= 11 is 0. The fourth-order valence-electron chi connectivity index (χ4n) is 1.94. The number of carboxylic acid groups (broad SMARTS) is 1. The summed E-state index contributed by atoms with van der Waals surface area (Å²) in [6.45, 7) is 0.388. The zero-order chi connectivity index (χ0) is 15.1. The monoisotopic (exact) mass is 288 g/mol. The lowest BCUT2D eigenvalue weighted by Gasteiger charge is -2.07. The van der Waals surface area contributed by atoms with E-state index in [4.69, 9.17) is 9.84 Å². The highest BCUT2D eigenvalue weighted by Gasteiger charge is 2.00. The summed E-state index contributed by atoms with van der Waals surface area (Å²) in [6.07, 6.45) is 1.55. The first kappa shape index (κ1) is 15.0. The lowest BCUT2D eigenvalue weighted by atomic mass is 10.1. The van der Waals surface area contributed by atoms with Crippen molar-refractivity contribution in [3.05, 3.63) is 65.5 Å². The van der Waals surface area contributed by atoms with E-state index in [2.05, 4.69) is 0 Å². The molecule has 0 aliphatic carbocycles. The van der Waals surface area contributed by atoms with Crippen LogP contribution >= 0.6 is 0 Å². The summed E-state index contributed by atoms with van der Waals surface area (Å²) in [5.41, 5.74) is 1.99. The minimum absolute atomic E-state index is 0.183. The molecule has 0 radical (unpaired) electrons. The van der Waals surface area contributed by atoms with Gasteiger partial charge in [-0.3, -0.25) is 4.79 Å². The molecule has 0 unspecified atom stereocenters. The number of hydrogen-bond acceptors (Lipinski definition) is 2. The highest BCUT2D eigenvalue weighted by Crippen LogP contribution is 2.16. The molecular weight excluding hydrogens is 271 g/mol. The summed E-state index contributed by atoms with van der Waals surface area (Å²) in [4.78, 5) is 10.4. The van der Waals surface area contributed by atoms with Gasteiger partial charge in [-0.1, -0.05) is 24.3 Å². The van der Waals surface area contributed by atoms with Crippen molar-refractivity contribution in [2.75, 3.05) is 0 Å². The maximum absolute atomic E-state index is 12.8. The maximum Gasteiger partial charge on any atom is 0.303 e. The minimum Gasteiger partial charge on any atom is -0.489 e. The van der Waals surface area contributed by atoms with Gasteiger partial charge in [0.25, 0.3) is 0 Å². The van der Waals surface area contributed by atoms with E-state index in [0.717, 1.165) is 23.3 Å². The largest absolute Gasteiger partial charge is 0.489 e. The van der Waals surface area contributed by atoms with Gasteiger partial charge in [0, 0.05) is 6.42 Å². The SMILES string of the molecule is O=C(O)CCCc1ccc(OCc2ccc(F)cc2)cc1. The Balaban J connectivity index is 1.81. The summed E-state index contributed by atoms with van der Waals surface area (Å²) in [6, 6.07) is 13.8. The third-order valence-corrected chi connectivity index (χ3v) is 3.10. The van der Waals surface area contributed by atoms with Gasteiger partial charge in [-0.15, -0.1) is 0 Å². The predicted octanol–water partition coefficient (Wildman–Crippen LogP) is 3.81. The van der Waals surface area contributed by atoms with Gasteiger partial charge < -0.3 is 9.84 Å².